The number of aromatic nitrogens is 3. The highest BCUT2D eigenvalue weighted by molar-refractivity contribution is 6.32. The summed E-state index contributed by atoms with van der Waals surface area (Å²) in [6, 6.07) is 31.4. The van der Waals surface area contributed by atoms with Crippen molar-refractivity contribution in [2.75, 3.05) is 5.01 Å². The lowest BCUT2D eigenvalue weighted by Gasteiger charge is -2.23. The van der Waals surface area contributed by atoms with E-state index in [1.165, 1.54) is 5.01 Å². The van der Waals surface area contributed by atoms with E-state index in [-0.39, 0.29) is 23.9 Å². The van der Waals surface area contributed by atoms with Gasteiger partial charge < -0.3 is 9.47 Å². The van der Waals surface area contributed by atoms with Gasteiger partial charge in [0.2, 0.25) is 0 Å². The topological polar surface area (TPSA) is 89.5 Å². The molecule has 4 aromatic carbocycles. The maximum atomic E-state index is 13.1. The number of hydrogen-bond acceptors (Lipinski definition) is 7. The molecule has 188 valence electrons. The lowest BCUT2D eigenvalue weighted by atomic mass is 10.2. The highest BCUT2D eigenvalue weighted by atomic mass is 35.5. The van der Waals surface area contributed by atoms with Gasteiger partial charge in [-0.2, -0.15) is 9.97 Å². The normalized spacial score (nSPS) is 10.5. The monoisotopic (exact) mass is 543 g/mol. The number of carbonyl (C=O) groups excluding carboxylic acids is 1. The molecule has 0 bridgehead atoms. The van der Waals surface area contributed by atoms with E-state index in [0.29, 0.717) is 32.8 Å². The molecule has 1 heterocycles. The van der Waals surface area contributed by atoms with Crippen molar-refractivity contribution < 1.29 is 14.3 Å². The van der Waals surface area contributed by atoms with E-state index < -0.39 is 0 Å². The Kier molecular flexibility index (Phi) is 7.63. The fourth-order valence-electron chi connectivity index (χ4n) is 3.33. The summed E-state index contributed by atoms with van der Waals surface area (Å²) >= 11 is 12.6. The molecule has 8 nitrogen and oxygen atoms in total. The Bertz CT molecular complexity index is 1490. The minimum absolute atomic E-state index is 0.0274. The van der Waals surface area contributed by atoms with Gasteiger partial charge in [-0.05, 0) is 48.5 Å². The van der Waals surface area contributed by atoms with Gasteiger partial charge in [0.1, 0.15) is 11.5 Å². The van der Waals surface area contributed by atoms with Crippen molar-refractivity contribution in [2.45, 2.75) is 0 Å². The summed E-state index contributed by atoms with van der Waals surface area (Å²) in [7, 11) is 0. The van der Waals surface area contributed by atoms with Crippen LogP contribution in [0.2, 0.25) is 10.0 Å². The molecule has 0 saturated carbocycles. The summed E-state index contributed by atoms with van der Waals surface area (Å²) < 4.78 is 11.8. The van der Waals surface area contributed by atoms with E-state index in [2.05, 4.69) is 20.4 Å². The molecule has 1 N–H and O–H groups in total. The fourth-order valence-corrected chi connectivity index (χ4v) is 3.68. The molecule has 1 aromatic heterocycles. The third-order valence-electron chi connectivity index (χ3n) is 5.12. The highest BCUT2D eigenvalue weighted by Gasteiger charge is 2.21. The zero-order valence-corrected chi connectivity index (χ0v) is 21.2. The smallest absolute Gasteiger partial charge is 0.330 e. The molecule has 38 heavy (non-hydrogen) atoms. The van der Waals surface area contributed by atoms with Crippen LogP contribution in [-0.2, 0) is 0 Å². The van der Waals surface area contributed by atoms with Crippen LogP contribution in [0.4, 0.5) is 11.6 Å². The first-order valence-corrected chi connectivity index (χ1v) is 12.1. The van der Waals surface area contributed by atoms with Gasteiger partial charge in [-0.1, -0.05) is 83.9 Å². The number of ether oxygens (including phenoxy) is 2. The summed E-state index contributed by atoms with van der Waals surface area (Å²) in [6.45, 7) is 0. The van der Waals surface area contributed by atoms with Crippen LogP contribution in [0.15, 0.2) is 109 Å². The summed E-state index contributed by atoms with van der Waals surface area (Å²) in [5.41, 5.74) is 3.88. The van der Waals surface area contributed by atoms with E-state index >= 15 is 0 Å². The van der Waals surface area contributed by atoms with Crippen LogP contribution in [0.3, 0.4) is 0 Å². The molecular weight excluding hydrogens is 525 g/mol. The quantitative estimate of drug-likeness (QED) is 0.206. The number of para-hydroxylation sites is 3. The average molecular weight is 544 g/mol. The lowest BCUT2D eigenvalue weighted by Crippen LogP contribution is -2.40. The number of hydrogen-bond donors (Lipinski definition) is 1. The number of nitrogens with zero attached hydrogens (tertiary/aromatic N) is 4. The number of nitrogens with one attached hydrogen (secondary N) is 1. The van der Waals surface area contributed by atoms with Crippen molar-refractivity contribution in [1.29, 1.82) is 0 Å². The molecule has 0 aliphatic carbocycles. The Hall–Kier alpha value is -4.66. The first-order chi connectivity index (χ1) is 18.6. The van der Waals surface area contributed by atoms with E-state index in [4.69, 9.17) is 32.7 Å². The number of carbonyl (C=O) groups is 1. The third kappa shape index (κ3) is 6.00. The Morgan fingerprint density at radius 2 is 1.11 bits per heavy atom. The van der Waals surface area contributed by atoms with Crippen molar-refractivity contribution in [3.05, 3.63) is 125 Å². The van der Waals surface area contributed by atoms with Crippen molar-refractivity contribution in [1.82, 2.24) is 20.4 Å². The maximum Gasteiger partial charge on any atom is 0.330 e. The van der Waals surface area contributed by atoms with Gasteiger partial charge >= 0.3 is 12.0 Å². The Morgan fingerprint density at radius 3 is 1.63 bits per heavy atom. The number of anilines is 2. The molecule has 0 aliphatic heterocycles. The molecular formula is C28H19Cl2N5O3. The standard InChI is InChI=1S/C28H19Cl2N5O3/c29-21-15-7-9-17-23(21)37-27-31-26(32-28(33-27)38-24-18-10-8-16-22(24)30)35(20-13-5-2-6-14-20)34-25(36)19-11-3-1-4-12-19/h1-18H,(H,34,36). The summed E-state index contributed by atoms with van der Waals surface area (Å²) in [4.78, 5) is 26.3. The van der Waals surface area contributed by atoms with Crippen LogP contribution >= 0.6 is 23.2 Å². The largest absolute Gasteiger partial charge is 0.423 e. The molecule has 0 unspecified atom stereocenters. The van der Waals surface area contributed by atoms with Crippen molar-refractivity contribution >= 4 is 40.7 Å². The van der Waals surface area contributed by atoms with Crippen LogP contribution in [0.25, 0.3) is 0 Å². The van der Waals surface area contributed by atoms with Crippen LogP contribution < -0.4 is 19.9 Å². The first-order valence-electron chi connectivity index (χ1n) is 11.4. The number of benzene rings is 4. The Balaban J connectivity index is 1.58. The molecule has 0 fully saturated rings. The number of rotatable bonds is 8. The number of amides is 1. The zero-order valence-electron chi connectivity index (χ0n) is 19.7. The van der Waals surface area contributed by atoms with Gasteiger partial charge in [0.25, 0.3) is 11.9 Å². The van der Waals surface area contributed by atoms with Crippen LogP contribution in [-0.4, -0.2) is 20.9 Å². The second kappa shape index (κ2) is 11.6. The maximum absolute atomic E-state index is 13.1. The van der Waals surface area contributed by atoms with Crippen LogP contribution in [0, 0.1) is 0 Å². The van der Waals surface area contributed by atoms with Gasteiger partial charge in [0, 0.05) is 5.56 Å². The van der Waals surface area contributed by atoms with Crippen LogP contribution in [0.1, 0.15) is 10.4 Å². The number of hydrazine groups is 1. The SMILES string of the molecule is O=C(NN(c1ccccc1)c1nc(Oc2ccccc2Cl)nc(Oc2ccccc2Cl)n1)c1ccccc1. The van der Waals surface area contributed by atoms with E-state index in [0.717, 1.165) is 0 Å². The van der Waals surface area contributed by atoms with Crippen molar-refractivity contribution in [3.63, 3.8) is 0 Å². The highest BCUT2D eigenvalue weighted by Crippen LogP contribution is 2.32. The van der Waals surface area contributed by atoms with Gasteiger partial charge in [0.15, 0.2) is 0 Å². The Morgan fingerprint density at radius 1 is 0.632 bits per heavy atom. The van der Waals surface area contributed by atoms with Crippen molar-refractivity contribution in [2.24, 2.45) is 0 Å². The van der Waals surface area contributed by atoms with Gasteiger partial charge in [0.05, 0.1) is 15.7 Å². The molecule has 10 heteroatoms. The first kappa shape index (κ1) is 25.0. The molecule has 1 amide bonds. The summed E-state index contributed by atoms with van der Waals surface area (Å²) in [5.74, 6) is 0.306. The van der Waals surface area contributed by atoms with Crippen LogP contribution in [0.5, 0.6) is 23.5 Å². The molecule has 0 aliphatic rings. The predicted molar refractivity (Wildman–Crippen MR) is 145 cm³/mol. The van der Waals surface area contributed by atoms with E-state index in [1.807, 2.05) is 24.3 Å². The predicted octanol–water partition coefficient (Wildman–Crippen LogP) is 7.25. The molecule has 0 saturated heterocycles. The van der Waals surface area contributed by atoms with Crippen molar-refractivity contribution in [3.8, 4) is 23.5 Å². The third-order valence-corrected chi connectivity index (χ3v) is 5.75. The summed E-state index contributed by atoms with van der Waals surface area (Å²) in [5, 5.41) is 2.14. The van der Waals surface area contributed by atoms with E-state index in [1.54, 1.807) is 84.9 Å². The summed E-state index contributed by atoms with van der Waals surface area (Å²) in [6.07, 6.45) is 0. The van der Waals surface area contributed by atoms with Gasteiger partial charge in [-0.3, -0.25) is 10.2 Å². The second-order valence-corrected chi connectivity index (χ2v) is 8.56. The number of halogens is 2. The molecule has 0 spiro atoms. The minimum Gasteiger partial charge on any atom is -0.423 e. The van der Waals surface area contributed by atoms with E-state index in [9.17, 15) is 4.79 Å². The van der Waals surface area contributed by atoms with Gasteiger partial charge in [-0.15, -0.1) is 4.98 Å². The van der Waals surface area contributed by atoms with Gasteiger partial charge in [-0.25, -0.2) is 5.01 Å². The lowest BCUT2D eigenvalue weighted by molar-refractivity contribution is 0.0953. The molecule has 5 aromatic rings. The minimum atomic E-state index is -0.378. The average Bonchev–Trinajstić information content (AvgIpc) is 2.95. The fraction of sp³-hybridized carbons (Fsp3) is 0. The second-order valence-electron chi connectivity index (χ2n) is 7.74. The molecule has 5 rings (SSSR count). The zero-order chi connectivity index (χ0) is 26.3. The molecule has 0 atom stereocenters. The molecule has 0 radical (unpaired) electrons. The Labute approximate surface area is 228 Å².